The van der Waals surface area contributed by atoms with Crippen LogP contribution in [0.1, 0.15) is 38.5 Å². The molecule has 0 spiro atoms. The monoisotopic (exact) mass is 295 g/mol. The number of piperidine rings is 1. The maximum Gasteiger partial charge on any atom is 0.411 e. The van der Waals surface area contributed by atoms with Crippen molar-refractivity contribution in [2.75, 3.05) is 32.8 Å². The highest BCUT2D eigenvalue weighted by Crippen LogP contribution is 2.39. The molecule has 0 aromatic rings. The van der Waals surface area contributed by atoms with Gasteiger partial charge in [-0.1, -0.05) is 12.8 Å². The molecule has 1 aliphatic heterocycles. The molecule has 1 heterocycles. The van der Waals surface area contributed by atoms with E-state index in [1.165, 1.54) is 6.42 Å². The lowest BCUT2D eigenvalue weighted by atomic mass is 9.71. The first-order valence-electron chi connectivity index (χ1n) is 7.48. The Kier molecular flexibility index (Phi) is 5.31. The van der Waals surface area contributed by atoms with E-state index in [2.05, 4.69) is 9.64 Å². The van der Waals surface area contributed by atoms with Crippen LogP contribution in [0, 0.1) is 5.92 Å². The van der Waals surface area contributed by atoms with Crippen molar-refractivity contribution in [2.24, 2.45) is 5.92 Å². The van der Waals surface area contributed by atoms with Crippen molar-refractivity contribution in [3.05, 3.63) is 0 Å². The Balaban J connectivity index is 1.63. The SMILES string of the molecule is OC12CCCCC1CN(CCCOCC(F)(F)F)CC2. The Morgan fingerprint density at radius 1 is 1.25 bits per heavy atom. The molecule has 118 valence electrons. The van der Waals surface area contributed by atoms with E-state index in [1.807, 2.05) is 0 Å². The van der Waals surface area contributed by atoms with Crippen molar-refractivity contribution in [3.8, 4) is 0 Å². The molecule has 2 aliphatic rings. The van der Waals surface area contributed by atoms with Crippen LogP contribution in [0.5, 0.6) is 0 Å². The van der Waals surface area contributed by atoms with Crippen LogP contribution >= 0.6 is 0 Å². The molecule has 2 fully saturated rings. The molecule has 0 aromatic carbocycles. The second-order valence-corrected chi connectivity index (χ2v) is 6.12. The third-order valence-corrected chi connectivity index (χ3v) is 4.54. The molecule has 0 aromatic heterocycles. The van der Waals surface area contributed by atoms with Crippen LogP contribution in [-0.4, -0.2) is 54.6 Å². The van der Waals surface area contributed by atoms with Gasteiger partial charge in [0.1, 0.15) is 6.61 Å². The number of alkyl halides is 3. The second kappa shape index (κ2) is 6.62. The Morgan fingerprint density at radius 3 is 2.80 bits per heavy atom. The molecule has 0 amide bonds. The van der Waals surface area contributed by atoms with E-state index >= 15 is 0 Å². The number of fused-ring (bicyclic) bond motifs is 1. The van der Waals surface area contributed by atoms with E-state index < -0.39 is 18.4 Å². The fourth-order valence-electron chi connectivity index (χ4n) is 3.42. The molecule has 2 atom stereocenters. The summed E-state index contributed by atoms with van der Waals surface area (Å²) in [4.78, 5) is 2.25. The van der Waals surface area contributed by atoms with Crippen LogP contribution in [0.4, 0.5) is 13.2 Å². The molecule has 1 saturated heterocycles. The lowest BCUT2D eigenvalue weighted by Gasteiger charge is -2.47. The third kappa shape index (κ3) is 4.60. The average molecular weight is 295 g/mol. The highest BCUT2D eigenvalue weighted by molar-refractivity contribution is 4.95. The van der Waals surface area contributed by atoms with Crippen molar-refractivity contribution in [1.82, 2.24) is 4.90 Å². The van der Waals surface area contributed by atoms with Crippen molar-refractivity contribution in [1.29, 1.82) is 0 Å². The number of hydrogen-bond donors (Lipinski definition) is 1. The van der Waals surface area contributed by atoms with E-state index in [4.69, 9.17) is 0 Å². The Bertz CT molecular complexity index is 311. The topological polar surface area (TPSA) is 32.7 Å². The van der Waals surface area contributed by atoms with Crippen molar-refractivity contribution >= 4 is 0 Å². The summed E-state index contributed by atoms with van der Waals surface area (Å²) in [7, 11) is 0. The van der Waals surface area contributed by atoms with Gasteiger partial charge in [-0.2, -0.15) is 13.2 Å². The average Bonchev–Trinajstić information content (AvgIpc) is 2.37. The zero-order valence-corrected chi connectivity index (χ0v) is 11.8. The summed E-state index contributed by atoms with van der Waals surface area (Å²) in [5, 5.41) is 10.5. The van der Waals surface area contributed by atoms with Gasteiger partial charge in [0.15, 0.2) is 0 Å². The van der Waals surface area contributed by atoms with Crippen molar-refractivity contribution < 1.29 is 23.0 Å². The van der Waals surface area contributed by atoms with Gasteiger partial charge in [-0.3, -0.25) is 0 Å². The molecule has 0 bridgehead atoms. The summed E-state index contributed by atoms with van der Waals surface area (Å²) in [6.07, 6.45) is 1.43. The van der Waals surface area contributed by atoms with Gasteiger partial charge < -0.3 is 14.7 Å². The largest absolute Gasteiger partial charge is 0.411 e. The highest BCUT2D eigenvalue weighted by atomic mass is 19.4. The molecular weight excluding hydrogens is 271 g/mol. The van der Waals surface area contributed by atoms with E-state index in [9.17, 15) is 18.3 Å². The first kappa shape index (κ1) is 16.0. The van der Waals surface area contributed by atoms with E-state index in [1.54, 1.807) is 0 Å². The Hall–Kier alpha value is -0.330. The van der Waals surface area contributed by atoms with Gasteiger partial charge in [0.05, 0.1) is 5.60 Å². The standard InChI is InChI=1S/C14H24F3NO2/c15-14(16,17)11-20-9-3-7-18-8-6-13(19)5-2-1-4-12(13)10-18/h12,19H,1-11H2. The number of nitrogens with zero attached hydrogens (tertiary/aromatic N) is 1. The summed E-state index contributed by atoms with van der Waals surface area (Å²) in [6.45, 7) is 1.45. The van der Waals surface area contributed by atoms with Gasteiger partial charge in [-0.15, -0.1) is 0 Å². The number of rotatable bonds is 5. The molecule has 1 saturated carbocycles. The van der Waals surface area contributed by atoms with E-state index in [-0.39, 0.29) is 6.61 Å². The highest BCUT2D eigenvalue weighted by Gasteiger charge is 2.42. The van der Waals surface area contributed by atoms with Gasteiger partial charge in [0.2, 0.25) is 0 Å². The minimum Gasteiger partial charge on any atom is -0.390 e. The Morgan fingerprint density at radius 2 is 2.05 bits per heavy atom. The molecular formula is C14H24F3NO2. The number of halogens is 3. The zero-order chi connectivity index (χ0) is 14.6. The quantitative estimate of drug-likeness (QED) is 0.791. The number of hydrogen-bond acceptors (Lipinski definition) is 3. The van der Waals surface area contributed by atoms with Crippen molar-refractivity contribution in [2.45, 2.75) is 50.3 Å². The molecule has 2 unspecified atom stereocenters. The number of ether oxygens (including phenoxy) is 1. The summed E-state index contributed by atoms with van der Waals surface area (Å²) in [5.74, 6) is 0.334. The molecule has 20 heavy (non-hydrogen) atoms. The van der Waals surface area contributed by atoms with E-state index in [0.717, 1.165) is 45.3 Å². The maximum atomic E-state index is 11.9. The first-order chi connectivity index (χ1) is 9.39. The van der Waals surface area contributed by atoms with Crippen LogP contribution in [0.2, 0.25) is 0 Å². The fourth-order valence-corrected chi connectivity index (χ4v) is 3.42. The van der Waals surface area contributed by atoms with Crippen molar-refractivity contribution in [3.63, 3.8) is 0 Å². The minimum atomic E-state index is -4.23. The molecule has 2 rings (SSSR count). The van der Waals surface area contributed by atoms with Gasteiger partial charge in [0, 0.05) is 32.2 Å². The second-order valence-electron chi connectivity index (χ2n) is 6.12. The normalized spacial score (nSPS) is 32.1. The number of aliphatic hydroxyl groups is 1. The minimum absolute atomic E-state index is 0.144. The van der Waals surface area contributed by atoms with Crippen LogP contribution < -0.4 is 0 Å². The summed E-state index contributed by atoms with van der Waals surface area (Å²) in [6, 6.07) is 0. The Labute approximate surface area is 118 Å². The van der Waals surface area contributed by atoms with Crippen LogP contribution in [-0.2, 0) is 4.74 Å². The molecule has 0 radical (unpaired) electrons. The summed E-state index contributed by atoms with van der Waals surface area (Å²) < 4.78 is 40.3. The molecule has 1 aliphatic carbocycles. The lowest BCUT2D eigenvalue weighted by Crippen LogP contribution is -2.53. The predicted molar refractivity (Wildman–Crippen MR) is 69.5 cm³/mol. The maximum absolute atomic E-state index is 11.9. The number of likely N-dealkylation sites (tertiary alicyclic amines) is 1. The lowest BCUT2D eigenvalue weighted by molar-refractivity contribution is -0.174. The first-order valence-corrected chi connectivity index (χ1v) is 7.48. The predicted octanol–water partition coefficient (Wildman–Crippen LogP) is 2.58. The zero-order valence-electron chi connectivity index (χ0n) is 11.8. The molecule has 1 N–H and O–H groups in total. The van der Waals surface area contributed by atoms with Gasteiger partial charge >= 0.3 is 6.18 Å². The van der Waals surface area contributed by atoms with Crippen LogP contribution in [0.3, 0.4) is 0 Å². The fraction of sp³-hybridized carbons (Fsp3) is 1.00. The van der Waals surface area contributed by atoms with Crippen LogP contribution in [0.15, 0.2) is 0 Å². The molecule has 6 heteroatoms. The molecule has 3 nitrogen and oxygen atoms in total. The van der Waals surface area contributed by atoms with Gasteiger partial charge in [0.25, 0.3) is 0 Å². The smallest absolute Gasteiger partial charge is 0.390 e. The third-order valence-electron chi connectivity index (χ3n) is 4.54. The summed E-state index contributed by atoms with van der Waals surface area (Å²) in [5.41, 5.74) is -0.485. The summed E-state index contributed by atoms with van der Waals surface area (Å²) >= 11 is 0. The van der Waals surface area contributed by atoms with Crippen LogP contribution in [0.25, 0.3) is 0 Å². The van der Waals surface area contributed by atoms with Gasteiger partial charge in [-0.25, -0.2) is 0 Å². The van der Waals surface area contributed by atoms with Gasteiger partial charge in [-0.05, 0) is 25.7 Å². The van der Waals surface area contributed by atoms with E-state index in [0.29, 0.717) is 12.3 Å².